The van der Waals surface area contributed by atoms with Crippen LogP contribution < -0.4 is 5.56 Å². The van der Waals surface area contributed by atoms with Crippen LogP contribution in [0.15, 0.2) is 4.79 Å². The van der Waals surface area contributed by atoms with Gasteiger partial charge in [0.05, 0.1) is 18.3 Å². The van der Waals surface area contributed by atoms with Gasteiger partial charge in [-0.2, -0.15) is 10.4 Å². The lowest BCUT2D eigenvalue weighted by Crippen LogP contribution is -2.41. The highest BCUT2D eigenvalue weighted by molar-refractivity contribution is 5.37. The predicted octanol–water partition coefficient (Wildman–Crippen LogP) is 1.33. The van der Waals surface area contributed by atoms with Gasteiger partial charge in [-0.1, -0.05) is 20.8 Å². The van der Waals surface area contributed by atoms with Crippen LogP contribution in [0.5, 0.6) is 0 Å². The summed E-state index contributed by atoms with van der Waals surface area (Å²) in [7, 11) is 0. The predicted molar refractivity (Wildman–Crippen MR) is 92.8 cm³/mol. The third-order valence-corrected chi connectivity index (χ3v) is 4.87. The zero-order valence-corrected chi connectivity index (χ0v) is 15.0. The summed E-state index contributed by atoms with van der Waals surface area (Å²) in [5, 5.41) is 24.1. The largest absolute Gasteiger partial charge is 0.390 e. The van der Waals surface area contributed by atoms with Crippen LogP contribution in [0.1, 0.15) is 50.4 Å². The minimum Gasteiger partial charge on any atom is -0.390 e. The van der Waals surface area contributed by atoms with Crippen LogP contribution in [0.3, 0.4) is 0 Å². The van der Waals surface area contributed by atoms with Crippen molar-refractivity contribution in [2.24, 2.45) is 5.92 Å². The average Bonchev–Trinajstić information content (AvgIpc) is 2.58. The molecule has 2 heterocycles. The van der Waals surface area contributed by atoms with Crippen LogP contribution >= 0.6 is 0 Å². The maximum absolute atomic E-state index is 12.5. The van der Waals surface area contributed by atoms with E-state index in [1.165, 1.54) is 4.68 Å². The fourth-order valence-electron chi connectivity index (χ4n) is 3.36. The summed E-state index contributed by atoms with van der Waals surface area (Å²) in [4.78, 5) is 14.7. The molecule has 0 bridgehead atoms. The quantitative estimate of drug-likeness (QED) is 0.850. The average molecular weight is 332 g/mol. The molecule has 1 aliphatic heterocycles. The number of aromatic nitrogens is 2. The van der Waals surface area contributed by atoms with E-state index >= 15 is 0 Å². The topological polar surface area (TPSA) is 82.2 Å². The van der Waals surface area contributed by atoms with Crippen LogP contribution in [-0.4, -0.2) is 45.5 Å². The monoisotopic (exact) mass is 332 g/mol. The summed E-state index contributed by atoms with van der Waals surface area (Å²) in [5.74, 6) is 0.745. The first-order chi connectivity index (χ1) is 11.5. The van der Waals surface area contributed by atoms with E-state index in [0.717, 1.165) is 43.1 Å². The first kappa shape index (κ1) is 18.6. The third kappa shape index (κ3) is 4.22. The van der Waals surface area contributed by atoms with Gasteiger partial charge in [-0.25, -0.2) is 4.68 Å². The molecule has 132 valence electrons. The van der Waals surface area contributed by atoms with Crippen LogP contribution in [-0.2, 0) is 19.4 Å². The highest BCUT2D eigenvalue weighted by Crippen LogP contribution is 2.16. The van der Waals surface area contributed by atoms with Gasteiger partial charge in [0.25, 0.3) is 5.56 Å². The van der Waals surface area contributed by atoms with Crippen LogP contribution in [0, 0.1) is 17.2 Å². The normalized spacial score (nSPS) is 17.6. The SMILES string of the molecule is CCc1nn(CC(O)CN2CCC(C)CC2)c(=O)c(C#N)c1CC. The summed E-state index contributed by atoms with van der Waals surface area (Å²) in [6.07, 6.45) is 2.91. The molecule has 24 heavy (non-hydrogen) atoms. The van der Waals surface area contributed by atoms with E-state index in [1.54, 1.807) is 0 Å². The molecular formula is C18H28N4O2. The molecule has 1 aromatic rings. The molecular weight excluding hydrogens is 304 g/mol. The van der Waals surface area contributed by atoms with Gasteiger partial charge in [0.2, 0.25) is 0 Å². The lowest BCUT2D eigenvalue weighted by atomic mass is 9.99. The van der Waals surface area contributed by atoms with E-state index in [9.17, 15) is 15.2 Å². The Bertz CT molecular complexity index is 654. The maximum Gasteiger partial charge on any atom is 0.285 e. The van der Waals surface area contributed by atoms with Crippen molar-refractivity contribution in [3.8, 4) is 6.07 Å². The van der Waals surface area contributed by atoms with Crippen molar-refractivity contribution in [2.45, 2.75) is 59.1 Å². The minimum absolute atomic E-state index is 0.135. The molecule has 6 heteroatoms. The second kappa shape index (κ2) is 8.41. The van der Waals surface area contributed by atoms with Crippen molar-refractivity contribution >= 4 is 0 Å². The lowest BCUT2D eigenvalue weighted by molar-refractivity contribution is 0.0764. The molecule has 0 aromatic carbocycles. The number of rotatable bonds is 6. The van der Waals surface area contributed by atoms with E-state index < -0.39 is 11.7 Å². The van der Waals surface area contributed by atoms with Crippen molar-refractivity contribution < 1.29 is 5.11 Å². The molecule has 1 aliphatic rings. The van der Waals surface area contributed by atoms with Crippen molar-refractivity contribution in [3.63, 3.8) is 0 Å². The summed E-state index contributed by atoms with van der Waals surface area (Å²) in [6.45, 7) is 8.78. The van der Waals surface area contributed by atoms with Gasteiger partial charge in [-0.15, -0.1) is 0 Å². The van der Waals surface area contributed by atoms with Crippen molar-refractivity contribution in [3.05, 3.63) is 27.2 Å². The number of likely N-dealkylation sites (tertiary alicyclic amines) is 1. The number of β-amino-alcohol motifs (C(OH)–C–C–N with tert-alkyl or cyclic N) is 1. The van der Waals surface area contributed by atoms with Crippen molar-refractivity contribution in [1.29, 1.82) is 5.26 Å². The van der Waals surface area contributed by atoms with E-state index in [0.29, 0.717) is 19.4 Å². The third-order valence-electron chi connectivity index (χ3n) is 4.87. The van der Waals surface area contributed by atoms with E-state index in [2.05, 4.69) is 16.9 Å². The number of piperidine rings is 1. The first-order valence-electron chi connectivity index (χ1n) is 8.93. The Morgan fingerprint density at radius 3 is 2.50 bits per heavy atom. The molecule has 0 saturated carbocycles. The lowest BCUT2D eigenvalue weighted by Gasteiger charge is -2.31. The van der Waals surface area contributed by atoms with Gasteiger partial charge in [0.1, 0.15) is 11.6 Å². The van der Waals surface area contributed by atoms with E-state index in [4.69, 9.17) is 0 Å². The summed E-state index contributed by atoms with van der Waals surface area (Å²) < 4.78 is 1.27. The number of nitrogens with zero attached hydrogens (tertiary/aromatic N) is 4. The van der Waals surface area contributed by atoms with Gasteiger partial charge in [0, 0.05) is 6.54 Å². The second-order valence-electron chi connectivity index (χ2n) is 6.74. The van der Waals surface area contributed by atoms with Crippen LogP contribution in [0.25, 0.3) is 0 Å². The summed E-state index contributed by atoms with van der Waals surface area (Å²) in [6, 6.07) is 2.02. The fourth-order valence-corrected chi connectivity index (χ4v) is 3.36. The molecule has 1 N–H and O–H groups in total. The Kier molecular flexibility index (Phi) is 6.52. The van der Waals surface area contributed by atoms with Gasteiger partial charge in [0.15, 0.2) is 0 Å². The molecule has 0 aliphatic carbocycles. The smallest absolute Gasteiger partial charge is 0.285 e. The Balaban J connectivity index is 2.14. The standard InChI is InChI=1S/C18H28N4O2/c1-4-15-16(10-19)18(24)22(20-17(15)5-2)12-14(23)11-21-8-6-13(3)7-9-21/h13-14,23H,4-9,11-12H2,1-3H3. The Labute approximate surface area is 143 Å². The van der Waals surface area contributed by atoms with Crippen LogP contribution in [0.4, 0.5) is 0 Å². The van der Waals surface area contributed by atoms with Gasteiger partial charge in [-0.05, 0) is 50.3 Å². The molecule has 6 nitrogen and oxygen atoms in total. The summed E-state index contributed by atoms with van der Waals surface area (Å²) >= 11 is 0. The van der Waals surface area contributed by atoms with Gasteiger partial charge < -0.3 is 10.0 Å². The number of hydrogen-bond donors (Lipinski definition) is 1. The molecule has 0 radical (unpaired) electrons. The van der Waals surface area contributed by atoms with Crippen molar-refractivity contribution in [1.82, 2.24) is 14.7 Å². The maximum atomic E-state index is 12.5. The fraction of sp³-hybridized carbons (Fsp3) is 0.722. The zero-order valence-electron chi connectivity index (χ0n) is 15.0. The molecule has 0 spiro atoms. The van der Waals surface area contributed by atoms with Crippen LogP contribution in [0.2, 0.25) is 0 Å². The van der Waals surface area contributed by atoms with Gasteiger partial charge in [-0.3, -0.25) is 4.79 Å². The number of hydrogen-bond acceptors (Lipinski definition) is 5. The van der Waals surface area contributed by atoms with Gasteiger partial charge >= 0.3 is 0 Å². The molecule has 0 amide bonds. The Morgan fingerprint density at radius 2 is 1.96 bits per heavy atom. The molecule has 1 saturated heterocycles. The zero-order chi connectivity index (χ0) is 17.7. The Morgan fingerprint density at radius 1 is 1.29 bits per heavy atom. The number of nitriles is 1. The molecule has 1 fully saturated rings. The number of aliphatic hydroxyl groups is 1. The number of aryl methyl sites for hydroxylation is 1. The molecule has 1 atom stereocenters. The van der Waals surface area contributed by atoms with E-state index in [1.807, 2.05) is 19.9 Å². The highest BCUT2D eigenvalue weighted by Gasteiger charge is 2.21. The number of aliphatic hydroxyl groups excluding tert-OH is 1. The summed E-state index contributed by atoms with van der Waals surface area (Å²) in [5.41, 5.74) is 1.29. The second-order valence-corrected chi connectivity index (χ2v) is 6.74. The minimum atomic E-state index is -0.660. The first-order valence-corrected chi connectivity index (χ1v) is 8.93. The highest BCUT2D eigenvalue weighted by atomic mass is 16.3. The van der Waals surface area contributed by atoms with E-state index in [-0.39, 0.29) is 12.1 Å². The molecule has 1 aromatic heterocycles. The Hall–Kier alpha value is -1.71. The molecule has 2 rings (SSSR count). The van der Waals surface area contributed by atoms with Crippen molar-refractivity contribution in [2.75, 3.05) is 19.6 Å². The molecule has 1 unspecified atom stereocenters.